The van der Waals surface area contributed by atoms with E-state index in [-0.39, 0.29) is 17.3 Å². The Hall–Kier alpha value is -3.49. The molecule has 0 aliphatic carbocycles. The quantitative estimate of drug-likeness (QED) is 0.710. The van der Waals surface area contributed by atoms with Gasteiger partial charge in [-0.3, -0.25) is 9.78 Å². The van der Waals surface area contributed by atoms with Gasteiger partial charge in [-0.1, -0.05) is 0 Å². The van der Waals surface area contributed by atoms with E-state index in [1.54, 1.807) is 12.1 Å². The predicted octanol–water partition coefficient (Wildman–Crippen LogP) is 3.28. The molecule has 0 atom stereocenters. The van der Waals surface area contributed by atoms with Crippen molar-refractivity contribution in [3.63, 3.8) is 0 Å². The number of aromatic nitrogens is 3. The third-order valence-electron chi connectivity index (χ3n) is 3.13. The van der Waals surface area contributed by atoms with Gasteiger partial charge in [0.1, 0.15) is 0 Å². The van der Waals surface area contributed by atoms with Gasteiger partial charge < -0.3 is 10.6 Å². The van der Waals surface area contributed by atoms with Crippen molar-refractivity contribution in [2.45, 2.75) is 0 Å². The first-order chi connectivity index (χ1) is 12.0. The van der Waals surface area contributed by atoms with Crippen LogP contribution >= 0.6 is 0 Å². The summed E-state index contributed by atoms with van der Waals surface area (Å²) in [5.41, 5.74) is 0.0516. The molecule has 0 radical (unpaired) electrons. The second kappa shape index (κ2) is 6.95. The maximum atomic E-state index is 13.6. The van der Waals surface area contributed by atoms with Crippen molar-refractivity contribution >= 4 is 23.2 Å². The monoisotopic (exact) mass is 345 g/mol. The highest BCUT2D eigenvalue weighted by atomic mass is 19.2. The summed E-state index contributed by atoms with van der Waals surface area (Å²) in [5, 5.41) is 12.5. The lowest BCUT2D eigenvalue weighted by Gasteiger charge is -2.08. The summed E-state index contributed by atoms with van der Waals surface area (Å²) >= 11 is 0. The molecule has 25 heavy (non-hydrogen) atoms. The molecule has 0 saturated heterocycles. The van der Waals surface area contributed by atoms with Gasteiger partial charge in [-0.2, -0.15) is 0 Å². The number of pyridine rings is 1. The second-order valence-electron chi connectivity index (χ2n) is 4.85. The minimum absolute atomic E-state index is 0.0873. The average Bonchev–Trinajstić information content (AvgIpc) is 2.64. The van der Waals surface area contributed by atoms with E-state index in [0.29, 0.717) is 5.56 Å². The van der Waals surface area contributed by atoms with Crippen molar-refractivity contribution in [1.82, 2.24) is 15.2 Å². The Labute approximate surface area is 139 Å². The molecule has 3 rings (SSSR count). The number of hydrogen-bond donors (Lipinski definition) is 2. The highest BCUT2D eigenvalue weighted by Crippen LogP contribution is 2.22. The summed E-state index contributed by atoms with van der Waals surface area (Å²) in [6.07, 6.45) is 2.93. The largest absolute Gasteiger partial charge is 0.336 e. The van der Waals surface area contributed by atoms with Crippen molar-refractivity contribution < 1.29 is 18.0 Å². The molecule has 0 unspecified atom stereocenters. The highest BCUT2D eigenvalue weighted by Gasteiger charge is 2.14. The maximum Gasteiger partial charge on any atom is 0.258 e. The Morgan fingerprint density at radius 1 is 0.920 bits per heavy atom. The lowest BCUT2D eigenvalue weighted by molar-refractivity contribution is 0.102. The number of anilines is 3. The number of nitrogens with one attached hydrogen (secondary N) is 2. The molecule has 2 N–H and O–H groups in total. The van der Waals surface area contributed by atoms with Crippen LogP contribution in [0.4, 0.5) is 30.5 Å². The molecule has 1 amide bonds. The Morgan fingerprint density at radius 2 is 1.68 bits per heavy atom. The third-order valence-corrected chi connectivity index (χ3v) is 3.13. The van der Waals surface area contributed by atoms with Gasteiger partial charge in [0, 0.05) is 12.4 Å². The summed E-state index contributed by atoms with van der Waals surface area (Å²) < 4.78 is 39.7. The van der Waals surface area contributed by atoms with Crippen LogP contribution in [0.25, 0.3) is 0 Å². The molecule has 3 aromatic rings. The molecule has 126 valence electrons. The molecule has 0 bridgehead atoms. The van der Waals surface area contributed by atoms with E-state index >= 15 is 0 Å². The molecule has 0 saturated carbocycles. The molecule has 1 aromatic carbocycles. The number of halogens is 3. The minimum atomic E-state index is -1.58. The average molecular weight is 345 g/mol. The van der Waals surface area contributed by atoms with E-state index in [1.807, 2.05) is 0 Å². The maximum absolute atomic E-state index is 13.6. The van der Waals surface area contributed by atoms with Crippen molar-refractivity contribution in [3.8, 4) is 0 Å². The number of amides is 1. The van der Waals surface area contributed by atoms with Crippen LogP contribution in [0.15, 0.2) is 48.8 Å². The van der Waals surface area contributed by atoms with Gasteiger partial charge in [0.05, 0.1) is 11.3 Å². The number of nitrogens with zero attached hydrogens (tertiary/aromatic N) is 3. The number of carbonyl (C=O) groups is 1. The molecule has 9 heteroatoms. The van der Waals surface area contributed by atoms with Gasteiger partial charge in [-0.25, -0.2) is 13.2 Å². The van der Waals surface area contributed by atoms with Gasteiger partial charge >= 0.3 is 0 Å². The van der Waals surface area contributed by atoms with Crippen molar-refractivity contribution in [2.75, 3.05) is 10.6 Å². The summed E-state index contributed by atoms with van der Waals surface area (Å²) in [4.78, 5) is 15.8. The zero-order valence-electron chi connectivity index (χ0n) is 12.5. The topological polar surface area (TPSA) is 79.8 Å². The van der Waals surface area contributed by atoms with Gasteiger partial charge in [0.2, 0.25) is 0 Å². The molecule has 6 nitrogen and oxygen atoms in total. The van der Waals surface area contributed by atoms with Gasteiger partial charge in [0.25, 0.3) is 5.91 Å². The number of hydrogen-bond acceptors (Lipinski definition) is 5. The Morgan fingerprint density at radius 3 is 2.36 bits per heavy atom. The lowest BCUT2D eigenvalue weighted by Crippen LogP contribution is -2.13. The standard InChI is InChI=1S/C16H10F3N5O/c17-10-3-4-11(15(19)14(10)18)21-12-5-6-13(24-23-12)22-16(25)9-2-1-7-20-8-9/h1-8H,(H,21,23)(H,22,24,25). The van der Waals surface area contributed by atoms with Crippen LogP contribution < -0.4 is 10.6 Å². The van der Waals surface area contributed by atoms with E-state index in [4.69, 9.17) is 0 Å². The Balaban J connectivity index is 1.71. The fourth-order valence-corrected chi connectivity index (χ4v) is 1.91. The molecule has 0 spiro atoms. The van der Waals surface area contributed by atoms with Gasteiger partial charge in [-0.15, -0.1) is 10.2 Å². The van der Waals surface area contributed by atoms with Crippen molar-refractivity contribution in [2.24, 2.45) is 0 Å². The van der Waals surface area contributed by atoms with E-state index in [2.05, 4.69) is 25.8 Å². The molecule has 2 heterocycles. The predicted molar refractivity (Wildman–Crippen MR) is 83.8 cm³/mol. The Bertz CT molecular complexity index is 904. The second-order valence-corrected chi connectivity index (χ2v) is 4.85. The summed E-state index contributed by atoms with van der Waals surface area (Å²) in [6, 6.07) is 7.83. The van der Waals surface area contributed by atoms with Crippen LogP contribution in [0.2, 0.25) is 0 Å². The molecular formula is C16H10F3N5O. The molecule has 0 aliphatic rings. The third kappa shape index (κ3) is 3.71. The fraction of sp³-hybridized carbons (Fsp3) is 0. The minimum Gasteiger partial charge on any atom is -0.336 e. The summed E-state index contributed by atoms with van der Waals surface area (Å²) in [6.45, 7) is 0. The van der Waals surface area contributed by atoms with E-state index in [0.717, 1.165) is 12.1 Å². The van der Waals surface area contributed by atoms with Crippen LogP contribution in [-0.2, 0) is 0 Å². The van der Waals surface area contributed by atoms with E-state index in [1.165, 1.54) is 24.5 Å². The first-order valence-electron chi connectivity index (χ1n) is 7.00. The highest BCUT2D eigenvalue weighted by molar-refractivity contribution is 6.03. The lowest BCUT2D eigenvalue weighted by atomic mass is 10.2. The normalized spacial score (nSPS) is 10.4. The number of benzene rings is 1. The summed E-state index contributed by atoms with van der Waals surface area (Å²) in [5.74, 6) is -4.42. The summed E-state index contributed by atoms with van der Waals surface area (Å²) in [7, 11) is 0. The molecule has 2 aromatic heterocycles. The zero-order chi connectivity index (χ0) is 17.8. The van der Waals surface area contributed by atoms with Gasteiger partial charge in [-0.05, 0) is 36.4 Å². The van der Waals surface area contributed by atoms with Crippen LogP contribution in [0, 0.1) is 17.5 Å². The molecule has 0 fully saturated rings. The van der Waals surface area contributed by atoms with Crippen LogP contribution in [0.3, 0.4) is 0 Å². The SMILES string of the molecule is O=C(Nc1ccc(Nc2ccc(F)c(F)c2F)nn1)c1cccnc1. The first kappa shape index (κ1) is 16.4. The number of carbonyl (C=O) groups excluding carboxylic acids is 1. The Kier molecular flexibility index (Phi) is 4.55. The van der Waals surface area contributed by atoms with Gasteiger partial charge in [0.15, 0.2) is 29.1 Å². The first-order valence-corrected chi connectivity index (χ1v) is 7.00. The smallest absolute Gasteiger partial charge is 0.258 e. The van der Waals surface area contributed by atoms with E-state index < -0.39 is 23.4 Å². The van der Waals surface area contributed by atoms with Crippen LogP contribution in [0.1, 0.15) is 10.4 Å². The van der Waals surface area contributed by atoms with Crippen LogP contribution in [0.5, 0.6) is 0 Å². The fourth-order valence-electron chi connectivity index (χ4n) is 1.91. The van der Waals surface area contributed by atoms with Crippen molar-refractivity contribution in [3.05, 3.63) is 71.8 Å². The zero-order valence-corrected chi connectivity index (χ0v) is 12.5. The molecule has 0 aliphatic heterocycles. The number of rotatable bonds is 4. The van der Waals surface area contributed by atoms with E-state index in [9.17, 15) is 18.0 Å². The van der Waals surface area contributed by atoms with Crippen molar-refractivity contribution in [1.29, 1.82) is 0 Å². The van der Waals surface area contributed by atoms with Crippen LogP contribution in [-0.4, -0.2) is 21.1 Å². The molecular weight excluding hydrogens is 335 g/mol.